The molecule has 34 heavy (non-hydrogen) atoms. The molecule has 2 aliphatic rings. The van der Waals surface area contributed by atoms with Crippen LogP contribution in [-0.4, -0.2) is 65.1 Å². The van der Waals surface area contributed by atoms with Crippen molar-refractivity contribution in [3.8, 4) is 0 Å². The van der Waals surface area contributed by atoms with Crippen LogP contribution in [0.5, 0.6) is 0 Å². The number of unbranched alkanes of at least 4 members (excludes halogenated alkanes) is 1. The minimum Gasteiger partial charge on any atom is -0.316 e. The van der Waals surface area contributed by atoms with Gasteiger partial charge >= 0.3 is 0 Å². The summed E-state index contributed by atoms with van der Waals surface area (Å²) < 4.78 is 27.5. The van der Waals surface area contributed by atoms with Gasteiger partial charge in [0.1, 0.15) is 0 Å². The second kappa shape index (κ2) is 18.2. The first-order valence-electron chi connectivity index (χ1n) is 12.3. The zero-order chi connectivity index (χ0) is 21.9. The molecule has 1 aromatic carbocycles. The lowest BCUT2D eigenvalue weighted by atomic mass is 10.0. The molecule has 6 nitrogen and oxygen atoms in total. The normalized spacial score (nSPS) is 16.9. The third kappa shape index (κ3) is 10.9. The topological polar surface area (TPSA) is 73.5 Å². The monoisotopic (exact) mass is 558 g/mol. The first kappa shape index (κ1) is 33.9. The number of nitrogens with zero attached hydrogens (tertiary/aromatic N) is 1. The summed E-state index contributed by atoms with van der Waals surface area (Å²) in [5, 5.41) is 10.5. The highest BCUT2D eigenvalue weighted by Crippen LogP contribution is 2.21. The third-order valence-corrected chi connectivity index (χ3v) is 8.55. The van der Waals surface area contributed by atoms with Gasteiger partial charge in [0.25, 0.3) is 0 Å². The highest BCUT2D eigenvalue weighted by molar-refractivity contribution is 7.89. The number of halogens is 3. The van der Waals surface area contributed by atoms with Crippen LogP contribution in [0.2, 0.25) is 0 Å². The molecule has 0 radical (unpaired) electrons. The van der Waals surface area contributed by atoms with Gasteiger partial charge in [-0.3, -0.25) is 0 Å². The van der Waals surface area contributed by atoms with E-state index in [-0.39, 0.29) is 37.2 Å². The summed E-state index contributed by atoms with van der Waals surface area (Å²) in [5.74, 6) is 0. The Bertz CT molecular complexity index is 775. The van der Waals surface area contributed by atoms with Crippen molar-refractivity contribution in [2.24, 2.45) is 0 Å². The summed E-state index contributed by atoms with van der Waals surface area (Å²) in [4.78, 5) is 0.429. The summed E-state index contributed by atoms with van der Waals surface area (Å²) >= 11 is 0. The minimum atomic E-state index is -3.42. The molecule has 200 valence electrons. The number of fused-ring (bicyclic) bond motifs is 1. The van der Waals surface area contributed by atoms with E-state index in [1.54, 1.807) is 13.1 Å². The molecule has 0 bridgehead atoms. The average molecular weight is 560 g/mol. The maximum atomic E-state index is 13.0. The predicted molar refractivity (Wildman–Crippen MR) is 150 cm³/mol. The lowest BCUT2D eigenvalue weighted by Gasteiger charge is -2.18. The third-order valence-electron chi connectivity index (χ3n) is 6.69. The molecular weight excluding hydrogens is 515 g/mol. The van der Waals surface area contributed by atoms with Crippen LogP contribution in [0.25, 0.3) is 0 Å². The molecule has 1 fully saturated rings. The molecular formula is C24H45Cl3N4O2S. The van der Waals surface area contributed by atoms with Gasteiger partial charge in [0.15, 0.2) is 0 Å². The molecule has 0 amide bonds. The standard InChI is InChI=1S/C24H42N4O2S.3ClH/c1-28(19-7-6-14-25-17-18-27-23-8-4-2-3-5-9-23)31(29,30)24-11-10-21-12-15-26-16-13-22(21)20-24;;;/h10-11,20,23,25-27H,2-9,12-19H2,1H3;3*1H. The lowest BCUT2D eigenvalue weighted by Crippen LogP contribution is -2.35. The Morgan fingerprint density at radius 1 is 0.912 bits per heavy atom. The Kier molecular flexibility index (Phi) is 18.1. The van der Waals surface area contributed by atoms with Crippen molar-refractivity contribution in [2.75, 3.05) is 46.3 Å². The Balaban J connectivity index is 0.00000363. The van der Waals surface area contributed by atoms with Crippen LogP contribution in [0.3, 0.4) is 0 Å². The van der Waals surface area contributed by atoms with Crippen LogP contribution in [0.15, 0.2) is 23.1 Å². The largest absolute Gasteiger partial charge is 0.316 e. The zero-order valence-electron chi connectivity index (χ0n) is 20.5. The van der Waals surface area contributed by atoms with E-state index < -0.39 is 10.0 Å². The quantitative estimate of drug-likeness (QED) is 0.283. The van der Waals surface area contributed by atoms with Gasteiger partial charge < -0.3 is 16.0 Å². The molecule has 0 aromatic heterocycles. The number of benzene rings is 1. The predicted octanol–water partition coefficient (Wildman–Crippen LogP) is 3.94. The van der Waals surface area contributed by atoms with Crippen molar-refractivity contribution in [2.45, 2.75) is 75.1 Å². The fourth-order valence-corrected chi connectivity index (χ4v) is 5.93. The van der Waals surface area contributed by atoms with Gasteiger partial charge in [0, 0.05) is 32.7 Å². The van der Waals surface area contributed by atoms with Crippen molar-refractivity contribution < 1.29 is 8.42 Å². The molecule has 3 N–H and O–H groups in total. The van der Waals surface area contributed by atoms with Crippen molar-refractivity contribution in [1.29, 1.82) is 0 Å². The van der Waals surface area contributed by atoms with Crippen LogP contribution < -0.4 is 16.0 Å². The first-order valence-corrected chi connectivity index (χ1v) is 13.7. The number of hydrogen-bond acceptors (Lipinski definition) is 5. The zero-order valence-corrected chi connectivity index (χ0v) is 23.8. The van der Waals surface area contributed by atoms with Crippen LogP contribution >= 0.6 is 37.2 Å². The summed E-state index contributed by atoms with van der Waals surface area (Å²) in [6.45, 7) is 5.37. The maximum Gasteiger partial charge on any atom is 0.242 e. The molecule has 0 saturated heterocycles. The molecule has 0 unspecified atom stereocenters. The van der Waals surface area contributed by atoms with E-state index in [0.717, 1.165) is 58.4 Å². The van der Waals surface area contributed by atoms with Crippen LogP contribution in [0.4, 0.5) is 0 Å². The van der Waals surface area contributed by atoms with Gasteiger partial charge in [-0.15, -0.1) is 37.2 Å². The molecule has 0 atom stereocenters. The molecule has 1 heterocycles. The molecule has 10 heteroatoms. The SMILES string of the molecule is CN(CCCCNCCNC1CCCCCC1)S(=O)(=O)c1ccc2c(c1)CCNCC2.Cl.Cl.Cl. The highest BCUT2D eigenvalue weighted by atomic mass is 35.5. The number of hydrogen-bond donors (Lipinski definition) is 3. The Morgan fingerprint density at radius 3 is 2.29 bits per heavy atom. The lowest BCUT2D eigenvalue weighted by molar-refractivity contribution is 0.441. The van der Waals surface area contributed by atoms with E-state index in [1.807, 2.05) is 12.1 Å². The fourth-order valence-electron chi connectivity index (χ4n) is 4.67. The van der Waals surface area contributed by atoms with Gasteiger partial charge in [0.2, 0.25) is 10.0 Å². The summed E-state index contributed by atoms with van der Waals surface area (Å²) in [6, 6.07) is 6.36. The molecule has 1 saturated carbocycles. The smallest absolute Gasteiger partial charge is 0.242 e. The molecule has 1 aliphatic heterocycles. The second-order valence-corrected chi connectivity index (χ2v) is 11.2. The minimum absolute atomic E-state index is 0. The average Bonchev–Trinajstić information content (AvgIpc) is 3.17. The van der Waals surface area contributed by atoms with Gasteiger partial charge in [-0.05, 0) is 81.4 Å². The van der Waals surface area contributed by atoms with Crippen molar-refractivity contribution in [3.05, 3.63) is 29.3 Å². The van der Waals surface area contributed by atoms with E-state index >= 15 is 0 Å². The molecule has 3 rings (SSSR count). The number of rotatable bonds is 11. The van der Waals surface area contributed by atoms with E-state index in [9.17, 15) is 8.42 Å². The van der Waals surface area contributed by atoms with Gasteiger partial charge in [-0.2, -0.15) is 0 Å². The van der Waals surface area contributed by atoms with Crippen LogP contribution in [0, 0.1) is 0 Å². The van der Waals surface area contributed by atoms with Crippen LogP contribution in [0.1, 0.15) is 62.5 Å². The summed E-state index contributed by atoms with van der Waals surface area (Å²) in [7, 11) is -1.72. The van der Waals surface area contributed by atoms with Crippen molar-refractivity contribution >= 4 is 47.2 Å². The van der Waals surface area contributed by atoms with Gasteiger partial charge in [-0.1, -0.05) is 31.7 Å². The summed E-state index contributed by atoms with van der Waals surface area (Å²) in [5.41, 5.74) is 2.44. The molecule has 1 aliphatic carbocycles. The fraction of sp³-hybridized carbons (Fsp3) is 0.750. The first-order chi connectivity index (χ1) is 15.1. The van der Waals surface area contributed by atoms with Crippen LogP contribution in [-0.2, 0) is 22.9 Å². The van der Waals surface area contributed by atoms with E-state index in [0.29, 0.717) is 17.5 Å². The highest BCUT2D eigenvalue weighted by Gasteiger charge is 2.22. The Morgan fingerprint density at radius 2 is 1.59 bits per heavy atom. The number of sulfonamides is 1. The Hall–Kier alpha value is -0.120. The van der Waals surface area contributed by atoms with Gasteiger partial charge in [0.05, 0.1) is 4.90 Å². The molecule has 0 spiro atoms. The maximum absolute atomic E-state index is 13.0. The Labute approximate surface area is 226 Å². The van der Waals surface area contributed by atoms with E-state index in [1.165, 1.54) is 54.0 Å². The summed E-state index contributed by atoms with van der Waals surface area (Å²) in [6.07, 6.45) is 11.9. The van der Waals surface area contributed by atoms with Crippen molar-refractivity contribution in [3.63, 3.8) is 0 Å². The van der Waals surface area contributed by atoms with E-state index in [2.05, 4.69) is 16.0 Å². The van der Waals surface area contributed by atoms with E-state index in [4.69, 9.17) is 0 Å². The van der Waals surface area contributed by atoms with Gasteiger partial charge in [-0.25, -0.2) is 12.7 Å². The number of nitrogens with one attached hydrogen (secondary N) is 3. The van der Waals surface area contributed by atoms with Crippen molar-refractivity contribution in [1.82, 2.24) is 20.3 Å². The second-order valence-electron chi connectivity index (χ2n) is 9.11. The molecule has 1 aromatic rings.